The Hall–Kier alpha value is -2.08. The summed E-state index contributed by atoms with van der Waals surface area (Å²) in [5.41, 5.74) is 1.11. The molecule has 1 aliphatic rings. The van der Waals surface area contributed by atoms with E-state index in [2.05, 4.69) is 0 Å². The molecule has 114 valence electrons. The predicted octanol–water partition coefficient (Wildman–Crippen LogP) is 1.07. The molecule has 0 aliphatic carbocycles. The van der Waals surface area contributed by atoms with E-state index in [1.54, 1.807) is 19.1 Å². The van der Waals surface area contributed by atoms with E-state index in [0.717, 1.165) is 5.56 Å². The van der Waals surface area contributed by atoms with Gasteiger partial charge in [0.2, 0.25) is 0 Å². The summed E-state index contributed by atoms with van der Waals surface area (Å²) in [6.45, 7) is 4.03. The van der Waals surface area contributed by atoms with Gasteiger partial charge in [0.05, 0.1) is 12.6 Å². The third kappa shape index (κ3) is 4.19. The molecular weight excluding hydrogens is 274 g/mol. The third-order valence-electron chi connectivity index (χ3n) is 3.27. The second kappa shape index (κ2) is 6.58. The summed E-state index contributed by atoms with van der Waals surface area (Å²) in [5.74, 6) is -0.680. The van der Waals surface area contributed by atoms with Gasteiger partial charge in [0.15, 0.2) is 12.7 Å². The first-order chi connectivity index (χ1) is 9.95. The Morgan fingerprint density at radius 1 is 1.33 bits per heavy atom. The number of carbonyl (C=O) groups excluding carboxylic acids is 1. The molecule has 1 saturated heterocycles. The van der Waals surface area contributed by atoms with Gasteiger partial charge in [-0.05, 0) is 26.0 Å². The van der Waals surface area contributed by atoms with Crippen LogP contribution in [-0.2, 0) is 14.3 Å². The number of aliphatic carboxylic acids is 1. The quantitative estimate of drug-likeness (QED) is 0.899. The fourth-order valence-electron chi connectivity index (χ4n) is 2.16. The van der Waals surface area contributed by atoms with Crippen molar-refractivity contribution in [3.63, 3.8) is 0 Å². The van der Waals surface area contributed by atoms with Crippen molar-refractivity contribution in [1.82, 2.24) is 4.90 Å². The van der Waals surface area contributed by atoms with Crippen LogP contribution in [0.15, 0.2) is 24.3 Å². The van der Waals surface area contributed by atoms with Crippen LogP contribution in [0.2, 0.25) is 0 Å². The Morgan fingerprint density at radius 3 is 2.62 bits per heavy atom. The zero-order valence-electron chi connectivity index (χ0n) is 12.1. The van der Waals surface area contributed by atoms with Crippen LogP contribution in [0.1, 0.15) is 12.5 Å². The average molecular weight is 293 g/mol. The minimum absolute atomic E-state index is 0.0514. The fraction of sp³-hybridized carbons (Fsp3) is 0.467. The normalized spacial score (nSPS) is 21.9. The first-order valence-electron chi connectivity index (χ1n) is 6.81. The van der Waals surface area contributed by atoms with Crippen LogP contribution in [0.4, 0.5) is 0 Å². The zero-order chi connectivity index (χ0) is 15.4. The predicted molar refractivity (Wildman–Crippen MR) is 75.2 cm³/mol. The molecule has 1 fully saturated rings. The largest absolute Gasteiger partial charge is 0.484 e. The number of carboxylic acid groups (broad SMARTS) is 1. The van der Waals surface area contributed by atoms with Gasteiger partial charge in [-0.3, -0.25) is 4.79 Å². The Labute approximate surface area is 123 Å². The summed E-state index contributed by atoms with van der Waals surface area (Å²) in [7, 11) is 0. The molecule has 1 aromatic carbocycles. The first-order valence-corrected chi connectivity index (χ1v) is 6.81. The molecule has 0 saturated carbocycles. The minimum Gasteiger partial charge on any atom is -0.484 e. The Kier molecular flexibility index (Phi) is 4.80. The lowest BCUT2D eigenvalue weighted by molar-refractivity contribution is -0.167. The van der Waals surface area contributed by atoms with E-state index in [-0.39, 0.29) is 25.2 Å². The number of rotatable bonds is 4. The third-order valence-corrected chi connectivity index (χ3v) is 3.27. The molecule has 1 aromatic rings. The molecule has 6 heteroatoms. The first kappa shape index (κ1) is 15.3. The van der Waals surface area contributed by atoms with Crippen molar-refractivity contribution in [1.29, 1.82) is 0 Å². The Balaban J connectivity index is 1.90. The highest BCUT2D eigenvalue weighted by Crippen LogP contribution is 2.14. The number of morpholine rings is 1. The van der Waals surface area contributed by atoms with Crippen LogP contribution in [0, 0.1) is 6.92 Å². The van der Waals surface area contributed by atoms with Crippen molar-refractivity contribution in [3.05, 3.63) is 29.8 Å². The van der Waals surface area contributed by atoms with Crippen molar-refractivity contribution in [2.24, 2.45) is 0 Å². The number of carboxylic acids is 1. The number of hydrogen-bond donors (Lipinski definition) is 1. The SMILES string of the molecule is Cc1ccc(OCC(=O)N2CC(C(=O)O)O[C@H](C)C2)cc1. The smallest absolute Gasteiger partial charge is 0.334 e. The van der Waals surface area contributed by atoms with Crippen LogP contribution in [0.25, 0.3) is 0 Å². The number of ether oxygens (including phenoxy) is 2. The lowest BCUT2D eigenvalue weighted by Gasteiger charge is -2.34. The molecule has 21 heavy (non-hydrogen) atoms. The highest BCUT2D eigenvalue weighted by Gasteiger charge is 2.32. The van der Waals surface area contributed by atoms with Crippen LogP contribution < -0.4 is 4.74 Å². The van der Waals surface area contributed by atoms with Gasteiger partial charge in [0.25, 0.3) is 5.91 Å². The van der Waals surface area contributed by atoms with Crippen LogP contribution in [0.3, 0.4) is 0 Å². The molecule has 1 heterocycles. The number of carbonyl (C=O) groups is 2. The minimum atomic E-state index is -1.06. The average Bonchev–Trinajstić information content (AvgIpc) is 2.45. The number of benzene rings is 1. The molecule has 1 amide bonds. The number of nitrogens with zero attached hydrogens (tertiary/aromatic N) is 1. The molecule has 0 radical (unpaired) electrons. The maximum absolute atomic E-state index is 12.1. The van der Waals surface area contributed by atoms with Crippen molar-refractivity contribution < 1.29 is 24.2 Å². The van der Waals surface area contributed by atoms with E-state index >= 15 is 0 Å². The maximum atomic E-state index is 12.1. The van der Waals surface area contributed by atoms with Crippen molar-refractivity contribution in [2.75, 3.05) is 19.7 Å². The van der Waals surface area contributed by atoms with E-state index in [0.29, 0.717) is 12.3 Å². The number of amides is 1. The highest BCUT2D eigenvalue weighted by atomic mass is 16.5. The van der Waals surface area contributed by atoms with Gasteiger partial charge in [0.1, 0.15) is 5.75 Å². The second-order valence-corrected chi connectivity index (χ2v) is 5.17. The van der Waals surface area contributed by atoms with Crippen LogP contribution in [0.5, 0.6) is 5.75 Å². The second-order valence-electron chi connectivity index (χ2n) is 5.17. The van der Waals surface area contributed by atoms with Gasteiger partial charge in [-0.2, -0.15) is 0 Å². The van der Waals surface area contributed by atoms with Gasteiger partial charge in [0, 0.05) is 6.54 Å². The number of hydrogen-bond acceptors (Lipinski definition) is 4. The molecule has 1 N–H and O–H groups in total. The van der Waals surface area contributed by atoms with Gasteiger partial charge < -0.3 is 19.5 Å². The van der Waals surface area contributed by atoms with Gasteiger partial charge in [-0.1, -0.05) is 17.7 Å². The monoisotopic (exact) mass is 293 g/mol. The highest BCUT2D eigenvalue weighted by molar-refractivity contribution is 5.80. The lowest BCUT2D eigenvalue weighted by Crippen LogP contribution is -2.52. The lowest BCUT2D eigenvalue weighted by atomic mass is 10.2. The molecule has 2 atom stereocenters. The van der Waals surface area contributed by atoms with E-state index in [9.17, 15) is 9.59 Å². The van der Waals surface area contributed by atoms with Crippen molar-refractivity contribution >= 4 is 11.9 Å². The topological polar surface area (TPSA) is 76.1 Å². The van der Waals surface area contributed by atoms with Crippen molar-refractivity contribution in [2.45, 2.75) is 26.1 Å². The van der Waals surface area contributed by atoms with E-state index in [1.165, 1.54) is 4.90 Å². The number of aryl methyl sites for hydroxylation is 1. The van der Waals surface area contributed by atoms with Crippen molar-refractivity contribution in [3.8, 4) is 5.75 Å². The van der Waals surface area contributed by atoms with Gasteiger partial charge >= 0.3 is 5.97 Å². The van der Waals surface area contributed by atoms with Gasteiger partial charge in [-0.25, -0.2) is 4.79 Å². The fourth-order valence-corrected chi connectivity index (χ4v) is 2.16. The van der Waals surface area contributed by atoms with Crippen LogP contribution >= 0.6 is 0 Å². The molecule has 0 aromatic heterocycles. The molecular formula is C15H19NO5. The van der Waals surface area contributed by atoms with E-state index in [4.69, 9.17) is 14.6 Å². The molecule has 1 aliphatic heterocycles. The van der Waals surface area contributed by atoms with E-state index in [1.807, 2.05) is 19.1 Å². The summed E-state index contributed by atoms with van der Waals surface area (Å²) in [6, 6.07) is 7.39. The Morgan fingerprint density at radius 2 is 2.00 bits per heavy atom. The zero-order valence-corrected chi connectivity index (χ0v) is 12.1. The maximum Gasteiger partial charge on any atom is 0.334 e. The molecule has 1 unspecified atom stereocenters. The molecule has 2 rings (SSSR count). The van der Waals surface area contributed by atoms with E-state index < -0.39 is 12.1 Å². The summed E-state index contributed by atoms with van der Waals surface area (Å²) in [4.78, 5) is 24.6. The molecule has 0 bridgehead atoms. The van der Waals surface area contributed by atoms with Crippen LogP contribution in [-0.4, -0.2) is 53.8 Å². The summed E-state index contributed by atoms with van der Waals surface area (Å²) < 4.78 is 10.7. The standard InChI is InChI=1S/C15H19NO5/c1-10-3-5-12(6-4-10)20-9-14(17)16-7-11(2)21-13(8-16)15(18)19/h3-6,11,13H,7-9H2,1-2H3,(H,18,19)/t11-,13?/m1/s1. The summed E-state index contributed by atoms with van der Waals surface area (Å²) in [5, 5.41) is 9.00. The Bertz CT molecular complexity index is 513. The summed E-state index contributed by atoms with van der Waals surface area (Å²) in [6.07, 6.45) is -1.28. The molecule has 0 spiro atoms. The van der Waals surface area contributed by atoms with Gasteiger partial charge in [-0.15, -0.1) is 0 Å². The summed E-state index contributed by atoms with van der Waals surface area (Å²) >= 11 is 0. The molecule has 6 nitrogen and oxygen atoms in total.